The van der Waals surface area contributed by atoms with Crippen molar-refractivity contribution < 1.29 is 9.53 Å². The number of benzene rings is 1. The fraction of sp³-hybridized carbons (Fsp3) is 0.417. The molecule has 6 heteroatoms. The molecular weight excluding hydrogens is 394 g/mol. The second-order valence-electron chi connectivity index (χ2n) is 8.15. The first-order chi connectivity index (χ1) is 14.5. The van der Waals surface area contributed by atoms with Gasteiger partial charge in [0, 0.05) is 32.1 Å². The molecule has 3 aromatic rings. The molecule has 1 amide bonds. The van der Waals surface area contributed by atoms with E-state index in [4.69, 9.17) is 4.74 Å². The summed E-state index contributed by atoms with van der Waals surface area (Å²) in [5, 5.41) is 1.95. The van der Waals surface area contributed by atoms with E-state index in [1.165, 1.54) is 33.6 Å². The lowest BCUT2D eigenvalue weighted by atomic mass is 10.00. The Bertz CT molecular complexity index is 980. The number of imidazole rings is 1. The smallest absolute Gasteiger partial charge is 0.264 e. The highest BCUT2D eigenvalue weighted by atomic mass is 32.1. The van der Waals surface area contributed by atoms with E-state index in [1.807, 2.05) is 34.8 Å². The normalized spacial score (nSPS) is 16.2. The molecule has 0 saturated carbocycles. The van der Waals surface area contributed by atoms with E-state index in [2.05, 4.69) is 42.5 Å². The topological polar surface area (TPSA) is 47.4 Å². The zero-order valence-electron chi connectivity index (χ0n) is 17.9. The highest BCUT2D eigenvalue weighted by Crippen LogP contribution is 2.21. The van der Waals surface area contributed by atoms with Crippen molar-refractivity contribution in [3.63, 3.8) is 0 Å². The number of aryl methyl sites for hydroxylation is 3. The molecular formula is C24H29N3O2S. The van der Waals surface area contributed by atoms with Crippen LogP contribution >= 0.6 is 11.3 Å². The molecule has 0 bridgehead atoms. The molecule has 30 heavy (non-hydrogen) atoms. The molecule has 158 valence electrons. The number of thiophene rings is 1. The lowest BCUT2D eigenvalue weighted by molar-refractivity contribution is 0.0502. The van der Waals surface area contributed by atoms with Gasteiger partial charge in [0.1, 0.15) is 5.82 Å². The van der Waals surface area contributed by atoms with Crippen molar-refractivity contribution in [1.29, 1.82) is 0 Å². The second kappa shape index (κ2) is 9.14. The van der Waals surface area contributed by atoms with Gasteiger partial charge in [0.2, 0.25) is 0 Å². The van der Waals surface area contributed by atoms with Gasteiger partial charge in [-0.15, -0.1) is 11.3 Å². The van der Waals surface area contributed by atoms with Gasteiger partial charge >= 0.3 is 0 Å². The van der Waals surface area contributed by atoms with Gasteiger partial charge < -0.3 is 14.2 Å². The molecule has 1 aliphatic rings. The first kappa shape index (κ1) is 20.8. The summed E-state index contributed by atoms with van der Waals surface area (Å²) in [6, 6.07) is 8.26. The van der Waals surface area contributed by atoms with Crippen LogP contribution in [0.15, 0.2) is 42.0 Å². The van der Waals surface area contributed by atoms with Crippen molar-refractivity contribution >= 4 is 17.2 Å². The average Bonchev–Trinajstić information content (AvgIpc) is 3.46. The zero-order chi connectivity index (χ0) is 21.1. The Hall–Kier alpha value is -2.44. The molecule has 1 atom stereocenters. The van der Waals surface area contributed by atoms with Gasteiger partial charge in [0.05, 0.1) is 17.5 Å². The van der Waals surface area contributed by atoms with Crippen LogP contribution in [0.25, 0.3) is 0 Å². The third kappa shape index (κ3) is 4.65. The van der Waals surface area contributed by atoms with Crippen LogP contribution in [-0.2, 0) is 17.8 Å². The minimum atomic E-state index is 0.0535. The summed E-state index contributed by atoms with van der Waals surface area (Å²) in [7, 11) is 0. The summed E-state index contributed by atoms with van der Waals surface area (Å²) < 4.78 is 7.98. The maximum absolute atomic E-state index is 13.2. The van der Waals surface area contributed by atoms with Gasteiger partial charge in [-0.1, -0.05) is 23.8 Å². The quantitative estimate of drug-likeness (QED) is 0.551. The van der Waals surface area contributed by atoms with Crippen LogP contribution in [-0.4, -0.2) is 39.6 Å². The van der Waals surface area contributed by atoms with E-state index in [-0.39, 0.29) is 12.0 Å². The lowest BCUT2D eigenvalue weighted by Gasteiger charge is -2.25. The molecule has 0 spiro atoms. The van der Waals surface area contributed by atoms with E-state index >= 15 is 0 Å². The summed E-state index contributed by atoms with van der Waals surface area (Å²) in [5.74, 6) is 0.954. The minimum absolute atomic E-state index is 0.0535. The summed E-state index contributed by atoms with van der Waals surface area (Å²) in [6.07, 6.45) is 6.01. The largest absolute Gasteiger partial charge is 0.376 e. The fourth-order valence-corrected chi connectivity index (χ4v) is 4.94. The Labute approximate surface area is 182 Å². The lowest BCUT2D eigenvalue weighted by Crippen LogP contribution is -2.37. The number of carbonyl (C=O) groups excluding carboxylic acids is 1. The van der Waals surface area contributed by atoms with Crippen molar-refractivity contribution in [2.45, 2.75) is 52.8 Å². The number of amides is 1. The number of rotatable bonds is 7. The van der Waals surface area contributed by atoms with Crippen LogP contribution in [0.4, 0.5) is 0 Å². The Morgan fingerprint density at radius 1 is 1.30 bits per heavy atom. The Morgan fingerprint density at radius 3 is 2.77 bits per heavy atom. The Kier molecular flexibility index (Phi) is 6.35. The maximum Gasteiger partial charge on any atom is 0.264 e. The summed E-state index contributed by atoms with van der Waals surface area (Å²) in [5.41, 5.74) is 5.18. The van der Waals surface area contributed by atoms with E-state index in [1.54, 1.807) is 0 Å². The van der Waals surface area contributed by atoms with Gasteiger partial charge in [-0.05, 0) is 61.7 Å². The molecule has 0 aliphatic carbocycles. The van der Waals surface area contributed by atoms with Crippen LogP contribution < -0.4 is 0 Å². The molecule has 5 nitrogen and oxygen atoms in total. The standard InChI is InChI=1S/C24H29N3O2S/c1-17-12-18(2)21(19(3)13-17)15-26-9-8-25-23(26)16-27(14-20-6-4-10-29-20)24(28)22-7-5-11-30-22/h5,7-9,11-13,20H,4,6,10,14-16H2,1-3H3. The molecule has 0 radical (unpaired) electrons. The molecule has 4 rings (SSSR count). The van der Waals surface area contributed by atoms with E-state index < -0.39 is 0 Å². The molecule has 1 unspecified atom stereocenters. The van der Waals surface area contributed by atoms with Gasteiger partial charge in [0.25, 0.3) is 5.91 Å². The first-order valence-corrected chi connectivity index (χ1v) is 11.4. The molecule has 3 heterocycles. The Balaban J connectivity index is 1.56. The van der Waals surface area contributed by atoms with Gasteiger partial charge in [0.15, 0.2) is 0 Å². The number of hydrogen-bond donors (Lipinski definition) is 0. The van der Waals surface area contributed by atoms with E-state index in [0.717, 1.165) is 36.7 Å². The molecule has 1 fully saturated rings. The first-order valence-electron chi connectivity index (χ1n) is 10.5. The number of aromatic nitrogens is 2. The molecule has 1 aliphatic heterocycles. The van der Waals surface area contributed by atoms with Crippen molar-refractivity contribution in [1.82, 2.24) is 14.5 Å². The van der Waals surface area contributed by atoms with Crippen LogP contribution in [0.3, 0.4) is 0 Å². The van der Waals surface area contributed by atoms with Crippen molar-refractivity contribution in [2.24, 2.45) is 0 Å². The second-order valence-corrected chi connectivity index (χ2v) is 9.09. The minimum Gasteiger partial charge on any atom is -0.376 e. The van der Waals surface area contributed by atoms with Gasteiger partial charge in [-0.3, -0.25) is 4.79 Å². The predicted molar refractivity (Wildman–Crippen MR) is 120 cm³/mol. The number of carbonyl (C=O) groups is 1. The third-order valence-corrected chi connectivity index (χ3v) is 6.63. The fourth-order valence-electron chi connectivity index (χ4n) is 4.25. The molecule has 0 N–H and O–H groups in total. The molecule has 2 aromatic heterocycles. The summed E-state index contributed by atoms with van der Waals surface area (Å²) in [6.45, 7) is 9.08. The highest BCUT2D eigenvalue weighted by molar-refractivity contribution is 7.12. The summed E-state index contributed by atoms with van der Waals surface area (Å²) in [4.78, 5) is 20.4. The van der Waals surface area contributed by atoms with Crippen LogP contribution in [0.1, 0.15) is 50.6 Å². The van der Waals surface area contributed by atoms with Crippen LogP contribution in [0.2, 0.25) is 0 Å². The average molecular weight is 424 g/mol. The van der Waals surface area contributed by atoms with E-state index in [9.17, 15) is 4.79 Å². The van der Waals surface area contributed by atoms with Crippen LogP contribution in [0.5, 0.6) is 0 Å². The van der Waals surface area contributed by atoms with Crippen LogP contribution in [0, 0.1) is 20.8 Å². The Morgan fingerprint density at radius 2 is 2.10 bits per heavy atom. The highest BCUT2D eigenvalue weighted by Gasteiger charge is 2.25. The molecule has 1 saturated heterocycles. The monoisotopic (exact) mass is 423 g/mol. The maximum atomic E-state index is 13.2. The predicted octanol–water partition coefficient (Wildman–Crippen LogP) is 4.74. The van der Waals surface area contributed by atoms with Crippen molar-refractivity contribution in [2.75, 3.05) is 13.2 Å². The summed E-state index contributed by atoms with van der Waals surface area (Å²) >= 11 is 1.48. The molecule has 1 aromatic carbocycles. The van der Waals surface area contributed by atoms with Crippen molar-refractivity contribution in [3.05, 3.63) is 75.0 Å². The number of hydrogen-bond acceptors (Lipinski definition) is 4. The van der Waals surface area contributed by atoms with Gasteiger partial charge in [-0.25, -0.2) is 4.98 Å². The zero-order valence-corrected chi connectivity index (χ0v) is 18.7. The van der Waals surface area contributed by atoms with E-state index in [0.29, 0.717) is 13.1 Å². The van der Waals surface area contributed by atoms with Gasteiger partial charge in [-0.2, -0.15) is 0 Å². The SMILES string of the molecule is Cc1cc(C)c(Cn2ccnc2CN(CC2CCCO2)C(=O)c2cccs2)c(C)c1. The van der Waals surface area contributed by atoms with Crippen molar-refractivity contribution in [3.8, 4) is 0 Å². The number of ether oxygens (including phenoxy) is 1. The third-order valence-electron chi connectivity index (χ3n) is 5.77. The number of nitrogens with zero attached hydrogens (tertiary/aromatic N) is 3.